The molecule has 96 valence electrons. The van der Waals surface area contributed by atoms with Crippen LogP contribution in [0.15, 0.2) is 22.7 Å². The predicted molar refractivity (Wildman–Crippen MR) is 77.4 cm³/mol. The molecule has 18 heavy (non-hydrogen) atoms. The standard InChI is InChI=1S/C14H18BrN3/c1-10-4-3-7-18(14(10)9-17)13-6-2-5-12(15)11(13)8-16/h2,5-6,10,14H,3-4,7,9,17H2,1H3. The number of halogens is 1. The fourth-order valence-corrected chi connectivity index (χ4v) is 3.21. The van der Waals surface area contributed by atoms with E-state index in [4.69, 9.17) is 5.73 Å². The van der Waals surface area contributed by atoms with Crippen LogP contribution in [-0.4, -0.2) is 19.1 Å². The van der Waals surface area contributed by atoms with Crippen molar-refractivity contribution in [2.24, 2.45) is 11.7 Å². The second-order valence-corrected chi connectivity index (χ2v) is 5.72. The van der Waals surface area contributed by atoms with Gasteiger partial charge >= 0.3 is 0 Å². The molecule has 2 rings (SSSR count). The minimum absolute atomic E-state index is 0.333. The van der Waals surface area contributed by atoms with Crippen molar-refractivity contribution >= 4 is 21.6 Å². The van der Waals surface area contributed by atoms with E-state index in [9.17, 15) is 5.26 Å². The molecular formula is C14H18BrN3. The summed E-state index contributed by atoms with van der Waals surface area (Å²) in [4.78, 5) is 2.30. The number of piperidine rings is 1. The Labute approximate surface area is 117 Å². The van der Waals surface area contributed by atoms with Gasteiger partial charge in [-0.2, -0.15) is 5.26 Å². The lowest BCUT2D eigenvalue weighted by Crippen LogP contribution is -2.49. The van der Waals surface area contributed by atoms with Gasteiger partial charge in [0.25, 0.3) is 0 Å². The minimum Gasteiger partial charge on any atom is -0.366 e. The van der Waals surface area contributed by atoms with Crippen LogP contribution >= 0.6 is 15.9 Å². The third-order valence-electron chi connectivity index (χ3n) is 3.77. The predicted octanol–water partition coefficient (Wildman–Crippen LogP) is 2.88. The summed E-state index contributed by atoms with van der Waals surface area (Å²) in [7, 11) is 0. The molecule has 1 aromatic rings. The molecule has 1 aromatic carbocycles. The van der Waals surface area contributed by atoms with Crippen LogP contribution < -0.4 is 10.6 Å². The first-order valence-corrected chi connectivity index (χ1v) is 7.13. The largest absolute Gasteiger partial charge is 0.366 e. The van der Waals surface area contributed by atoms with E-state index in [2.05, 4.69) is 33.8 Å². The van der Waals surface area contributed by atoms with Crippen molar-refractivity contribution in [1.82, 2.24) is 0 Å². The summed E-state index contributed by atoms with van der Waals surface area (Å²) >= 11 is 3.45. The first kappa shape index (κ1) is 13.4. The number of hydrogen-bond donors (Lipinski definition) is 1. The Morgan fingerprint density at radius 2 is 2.33 bits per heavy atom. The van der Waals surface area contributed by atoms with E-state index in [1.165, 1.54) is 6.42 Å². The van der Waals surface area contributed by atoms with E-state index in [1.54, 1.807) is 0 Å². The quantitative estimate of drug-likeness (QED) is 0.914. The topological polar surface area (TPSA) is 53.0 Å². The van der Waals surface area contributed by atoms with Gasteiger partial charge in [-0.15, -0.1) is 0 Å². The zero-order chi connectivity index (χ0) is 13.1. The molecule has 2 N–H and O–H groups in total. The maximum Gasteiger partial charge on any atom is 0.103 e. The van der Waals surface area contributed by atoms with E-state index in [0.29, 0.717) is 24.1 Å². The second-order valence-electron chi connectivity index (χ2n) is 4.86. The smallest absolute Gasteiger partial charge is 0.103 e. The fraction of sp³-hybridized carbons (Fsp3) is 0.500. The van der Waals surface area contributed by atoms with Crippen molar-refractivity contribution in [3.05, 3.63) is 28.2 Å². The van der Waals surface area contributed by atoms with Gasteiger partial charge in [-0.1, -0.05) is 13.0 Å². The highest BCUT2D eigenvalue weighted by molar-refractivity contribution is 9.10. The molecule has 0 aliphatic carbocycles. The first-order chi connectivity index (χ1) is 8.69. The van der Waals surface area contributed by atoms with Crippen molar-refractivity contribution < 1.29 is 0 Å². The van der Waals surface area contributed by atoms with Crippen LogP contribution in [0.5, 0.6) is 0 Å². The number of nitrogens with two attached hydrogens (primary N) is 1. The maximum absolute atomic E-state index is 9.32. The molecule has 1 heterocycles. The highest BCUT2D eigenvalue weighted by Crippen LogP contribution is 2.33. The molecule has 0 bridgehead atoms. The fourth-order valence-electron chi connectivity index (χ4n) is 2.77. The third kappa shape index (κ3) is 2.38. The Hall–Kier alpha value is -1.05. The van der Waals surface area contributed by atoms with Crippen LogP contribution in [0.3, 0.4) is 0 Å². The summed E-state index contributed by atoms with van der Waals surface area (Å²) in [5.74, 6) is 0.578. The van der Waals surface area contributed by atoms with Crippen molar-refractivity contribution in [3.63, 3.8) is 0 Å². The highest BCUT2D eigenvalue weighted by Gasteiger charge is 2.29. The molecule has 1 saturated heterocycles. The van der Waals surface area contributed by atoms with Crippen LogP contribution in [0.1, 0.15) is 25.3 Å². The van der Waals surface area contributed by atoms with Gasteiger partial charge in [-0.3, -0.25) is 0 Å². The molecule has 0 spiro atoms. The van der Waals surface area contributed by atoms with Crippen molar-refractivity contribution in [1.29, 1.82) is 5.26 Å². The van der Waals surface area contributed by atoms with E-state index in [-0.39, 0.29) is 0 Å². The molecule has 0 radical (unpaired) electrons. The molecular weight excluding hydrogens is 290 g/mol. The number of nitriles is 1. The normalized spacial score (nSPS) is 23.8. The molecule has 0 saturated carbocycles. The van der Waals surface area contributed by atoms with E-state index >= 15 is 0 Å². The molecule has 2 unspecified atom stereocenters. The monoisotopic (exact) mass is 307 g/mol. The molecule has 4 heteroatoms. The highest BCUT2D eigenvalue weighted by atomic mass is 79.9. The molecule has 1 aliphatic heterocycles. The Bertz CT molecular complexity index is 467. The zero-order valence-electron chi connectivity index (χ0n) is 10.6. The van der Waals surface area contributed by atoms with Crippen LogP contribution in [0.4, 0.5) is 5.69 Å². The number of nitrogens with zero attached hydrogens (tertiary/aromatic N) is 2. The average molecular weight is 308 g/mol. The van der Waals surface area contributed by atoms with Gasteiger partial charge < -0.3 is 10.6 Å². The van der Waals surface area contributed by atoms with E-state index in [0.717, 1.165) is 23.1 Å². The average Bonchev–Trinajstić information content (AvgIpc) is 2.38. The van der Waals surface area contributed by atoms with Crippen LogP contribution in [-0.2, 0) is 0 Å². The summed E-state index contributed by atoms with van der Waals surface area (Å²) in [5, 5.41) is 9.32. The van der Waals surface area contributed by atoms with Crippen LogP contribution in [0.25, 0.3) is 0 Å². The number of benzene rings is 1. The Balaban J connectivity index is 2.41. The lowest BCUT2D eigenvalue weighted by Gasteiger charge is -2.41. The van der Waals surface area contributed by atoms with Gasteiger partial charge in [-0.05, 0) is 46.8 Å². The molecule has 0 aromatic heterocycles. The molecule has 2 atom stereocenters. The number of rotatable bonds is 2. The van der Waals surface area contributed by atoms with Crippen molar-refractivity contribution in [3.8, 4) is 6.07 Å². The minimum atomic E-state index is 0.333. The Morgan fingerprint density at radius 3 is 3.00 bits per heavy atom. The van der Waals surface area contributed by atoms with Gasteiger partial charge in [0, 0.05) is 23.6 Å². The van der Waals surface area contributed by atoms with Gasteiger partial charge in [0.2, 0.25) is 0 Å². The number of hydrogen-bond acceptors (Lipinski definition) is 3. The van der Waals surface area contributed by atoms with Gasteiger partial charge in [0.1, 0.15) is 6.07 Å². The summed E-state index contributed by atoms with van der Waals surface area (Å²) in [6.45, 7) is 3.86. The maximum atomic E-state index is 9.32. The molecule has 3 nitrogen and oxygen atoms in total. The van der Waals surface area contributed by atoms with Crippen LogP contribution in [0, 0.1) is 17.2 Å². The Morgan fingerprint density at radius 1 is 1.56 bits per heavy atom. The van der Waals surface area contributed by atoms with Gasteiger partial charge in [-0.25, -0.2) is 0 Å². The third-order valence-corrected chi connectivity index (χ3v) is 4.43. The molecule has 1 fully saturated rings. The first-order valence-electron chi connectivity index (χ1n) is 6.34. The SMILES string of the molecule is CC1CCCN(c2cccc(Br)c2C#N)C1CN. The summed E-state index contributed by atoms with van der Waals surface area (Å²) in [6, 6.07) is 8.53. The summed E-state index contributed by atoms with van der Waals surface area (Å²) in [5.41, 5.74) is 7.64. The molecule has 0 amide bonds. The Kier molecular flexibility index (Phi) is 4.26. The van der Waals surface area contributed by atoms with Crippen molar-refractivity contribution in [2.45, 2.75) is 25.8 Å². The summed E-state index contributed by atoms with van der Waals surface area (Å²) < 4.78 is 0.858. The van der Waals surface area contributed by atoms with Gasteiger partial charge in [0.05, 0.1) is 11.3 Å². The lowest BCUT2D eigenvalue weighted by molar-refractivity contribution is 0.349. The van der Waals surface area contributed by atoms with Crippen molar-refractivity contribution in [2.75, 3.05) is 18.0 Å². The van der Waals surface area contributed by atoms with Crippen LogP contribution in [0.2, 0.25) is 0 Å². The van der Waals surface area contributed by atoms with E-state index in [1.807, 2.05) is 18.2 Å². The number of anilines is 1. The van der Waals surface area contributed by atoms with E-state index < -0.39 is 0 Å². The lowest BCUT2D eigenvalue weighted by atomic mass is 9.90. The zero-order valence-corrected chi connectivity index (χ0v) is 12.2. The summed E-state index contributed by atoms with van der Waals surface area (Å²) in [6.07, 6.45) is 2.38. The molecule has 1 aliphatic rings. The van der Waals surface area contributed by atoms with Gasteiger partial charge in [0.15, 0.2) is 0 Å². The second kappa shape index (κ2) is 5.73.